The van der Waals surface area contributed by atoms with E-state index in [-0.39, 0.29) is 6.01 Å². The van der Waals surface area contributed by atoms with E-state index in [0.717, 1.165) is 17.1 Å². The van der Waals surface area contributed by atoms with Crippen molar-refractivity contribution >= 4 is 17.0 Å². The molecule has 2 aromatic heterocycles. The number of aromatic nitrogens is 4. The average Bonchev–Trinajstić information content (AvgIpc) is 2.90. The Hall–Kier alpha value is -2.87. The quantitative estimate of drug-likeness (QED) is 0.662. The van der Waals surface area contributed by atoms with Crippen molar-refractivity contribution in [1.29, 1.82) is 0 Å². The third-order valence-electron chi connectivity index (χ3n) is 3.99. The van der Waals surface area contributed by atoms with Crippen LogP contribution in [-0.2, 0) is 11.3 Å². The second-order valence-electron chi connectivity index (χ2n) is 5.77. The monoisotopic (exact) mass is 341 g/mol. The fraction of sp³-hybridized carbons (Fsp3) is 0.353. The van der Waals surface area contributed by atoms with Gasteiger partial charge in [-0.15, -0.1) is 0 Å². The van der Waals surface area contributed by atoms with Gasteiger partial charge in [0.1, 0.15) is 24.8 Å². The minimum absolute atomic E-state index is 0.231. The minimum Gasteiger partial charge on any atom is -0.491 e. The van der Waals surface area contributed by atoms with Crippen molar-refractivity contribution < 1.29 is 14.2 Å². The Balaban J connectivity index is 1.80. The van der Waals surface area contributed by atoms with Crippen molar-refractivity contribution in [3.8, 4) is 11.8 Å². The molecule has 0 saturated heterocycles. The van der Waals surface area contributed by atoms with E-state index in [4.69, 9.17) is 19.9 Å². The van der Waals surface area contributed by atoms with Gasteiger partial charge in [-0.1, -0.05) is 12.1 Å². The summed E-state index contributed by atoms with van der Waals surface area (Å²) in [6, 6.07) is 8.17. The Morgan fingerprint density at radius 1 is 1.04 bits per heavy atom. The molecule has 8 nitrogen and oxygen atoms in total. The van der Waals surface area contributed by atoms with Crippen LogP contribution in [0.1, 0.15) is 11.4 Å². The lowest BCUT2D eigenvalue weighted by molar-refractivity contribution is 0.0742. The Labute approximate surface area is 144 Å². The van der Waals surface area contributed by atoms with Crippen LogP contribution >= 0.6 is 0 Å². The Morgan fingerprint density at radius 3 is 2.76 bits per heavy atom. The van der Waals surface area contributed by atoms with Gasteiger partial charge in [0, 0.05) is 0 Å². The smallest absolute Gasteiger partial charge is 0.320 e. The topological polar surface area (TPSA) is 97.3 Å². The molecule has 4 bridgehead atoms. The lowest BCUT2D eigenvalue weighted by atomic mass is 10.2. The van der Waals surface area contributed by atoms with Crippen LogP contribution in [0.3, 0.4) is 0 Å². The number of imidazole rings is 1. The first-order valence-electron chi connectivity index (χ1n) is 8.13. The highest BCUT2D eigenvalue weighted by molar-refractivity contribution is 5.82. The van der Waals surface area contributed by atoms with Gasteiger partial charge in [0.25, 0.3) is 0 Å². The zero-order chi connectivity index (χ0) is 17.2. The van der Waals surface area contributed by atoms with Crippen molar-refractivity contribution in [2.75, 3.05) is 32.2 Å². The molecule has 0 radical (unpaired) electrons. The van der Waals surface area contributed by atoms with Crippen LogP contribution in [0.2, 0.25) is 0 Å². The van der Waals surface area contributed by atoms with Crippen molar-refractivity contribution in [3.05, 3.63) is 35.7 Å². The first kappa shape index (κ1) is 15.6. The predicted octanol–water partition coefficient (Wildman–Crippen LogP) is 1.55. The maximum Gasteiger partial charge on any atom is 0.320 e. The summed E-state index contributed by atoms with van der Waals surface area (Å²) < 4.78 is 18.8. The summed E-state index contributed by atoms with van der Waals surface area (Å²) in [5.74, 6) is 1.93. The van der Waals surface area contributed by atoms with Gasteiger partial charge in [-0.25, -0.2) is 4.98 Å². The predicted molar refractivity (Wildman–Crippen MR) is 91.8 cm³/mol. The molecule has 8 heteroatoms. The Bertz CT molecular complexity index is 909. The maximum absolute atomic E-state index is 6.04. The lowest BCUT2D eigenvalue weighted by Crippen LogP contribution is -2.13. The molecule has 4 rings (SSSR count). The molecule has 1 aliphatic rings. The molecule has 0 atom stereocenters. The number of fused-ring (bicyclic) bond motifs is 3. The SMILES string of the molecule is Cc1nc2c(N)nc3nc2n1Cc1cccc(c1)OCCOCCO3. The van der Waals surface area contributed by atoms with E-state index in [0.29, 0.717) is 50.0 Å². The third kappa shape index (κ3) is 3.20. The summed E-state index contributed by atoms with van der Waals surface area (Å²) in [4.78, 5) is 13.2. The summed E-state index contributed by atoms with van der Waals surface area (Å²) in [5.41, 5.74) is 8.35. The number of ether oxygens (including phenoxy) is 3. The molecule has 3 heterocycles. The fourth-order valence-corrected chi connectivity index (χ4v) is 2.79. The highest BCUT2D eigenvalue weighted by Gasteiger charge is 2.16. The second kappa shape index (κ2) is 6.56. The van der Waals surface area contributed by atoms with Gasteiger partial charge in [0.05, 0.1) is 19.8 Å². The zero-order valence-corrected chi connectivity index (χ0v) is 13.9. The van der Waals surface area contributed by atoms with Gasteiger partial charge in [-0.2, -0.15) is 9.97 Å². The molecule has 25 heavy (non-hydrogen) atoms. The molecule has 3 aromatic rings. The highest BCUT2D eigenvalue weighted by Crippen LogP contribution is 2.23. The van der Waals surface area contributed by atoms with Crippen LogP contribution < -0.4 is 15.2 Å². The summed E-state index contributed by atoms with van der Waals surface area (Å²) >= 11 is 0. The molecule has 2 N–H and O–H groups in total. The molecule has 130 valence electrons. The number of rotatable bonds is 0. The number of benzene rings is 1. The summed E-state index contributed by atoms with van der Waals surface area (Å²) in [6.07, 6.45) is 0. The van der Waals surface area contributed by atoms with Crippen molar-refractivity contribution in [1.82, 2.24) is 19.5 Å². The lowest BCUT2D eigenvalue weighted by Gasteiger charge is -2.10. The molecular weight excluding hydrogens is 322 g/mol. The molecule has 0 amide bonds. The van der Waals surface area contributed by atoms with Crippen molar-refractivity contribution in [2.24, 2.45) is 0 Å². The molecule has 1 aliphatic heterocycles. The van der Waals surface area contributed by atoms with Gasteiger partial charge in [0.2, 0.25) is 0 Å². The first-order chi connectivity index (χ1) is 12.2. The van der Waals surface area contributed by atoms with Gasteiger partial charge in [0.15, 0.2) is 17.0 Å². The average molecular weight is 341 g/mol. The van der Waals surface area contributed by atoms with Crippen LogP contribution in [-0.4, -0.2) is 45.9 Å². The molecule has 0 aliphatic carbocycles. The van der Waals surface area contributed by atoms with E-state index in [9.17, 15) is 0 Å². The minimum atomic E-state index is 0.231. The van der Waals surface area contributed by atoms with Gasteiger partial charge in [-0.3, -0.25) is 0 Å². The number of hydrogen-bond acceptors (Lipinski definition) is 7. The summed E-state index contributed by atoms with van der Waals surface area (Å²) in [7, 11) is 0. The molecule has 1 aromatic carbocycles. The molecular formula is C17H19N5O3. The van der Waals surface area contributed by atoms with Crippen LogP contribution in [0.15, 0.2) is 24.3 Å². The number of anilines is 1. The number of hydrogen-bond donors (Lipinski definition) is 1. The van der Waals surface area contributed by atoms with Crippen molar-refractivity contribution in [3.63, 3.8) is 0 Å². The number of nitrogens with zero attached hydrogens (tertiary/aromatic N) is 4. The van der Waals surface area contributed by atoms with E-state index in [1.807, 2.05) is 35.8 Å². The molecule has 0 unspecified atom stereocenters. The van der Waals surface area contributed by atoms with Crippen LogP contribution in [0.4, 0.5) is 5.82 Å². The van der Waals surface area contributed by atoms with Crippen LogP contribution in [0.5, 0.6) is 11.8 Å². The zero-order valence-electron chi connectivity index (χ0n) is 13.9. The van der Waals surface area contributed by atoms with Crippen LogP contribution in [0.25, 0.3) is 11.2 Å². The standard InChI is InChI=1S/C17H19N5O3/c1-11-19-14-15(18)20-17-21-16(14)22(11)10-12-3-2-4-13(9-12)24-7-5-23-6-8-25-17/h2-4,9H,5-8,10H2,1H3,(H2,18,20,21). The Morgan fingerprint density at radius 2 is 1.88 bits per heavy atom. The van der Waals surface area contributed by atoms with E-state index in [1.54, 1.807) is 0 Å². The number of nitrogens with two attached hydrogens (primary N) is 1. The van der Waals surface area contributed by atoms with Gasteiger partial charge >= 0.3 is 6.01 Å². The molecule has 0 saturated carbocycles. The van der Waals surface area contributed by atoms with Gasteiger partial charge < -0.3 is 24.5 Å². The number of aryl methyl sites for hydroxylation is 1. The third-order valence-corrected chi connectivity index (χ3v) is 3.99. The normalized spacial score (nSPS) is 15.2. The summed E-state index contributed by atoms with van der Waals surface area (Å²) in [5, 5.41) is 0. The van der Waals surface area contributed by atoms with Crippen LogP contribution in [0, 0.1) is 6.92 Å². The van der Waals surface area contributed by atoms with E-state index >= 15 is 0 Å². The highest BCUT2D eigenvalue weighted by atomic mass is 16.5. The first-order valence-corrected chi connectivity index (χ1v) is 8.13. The number of nitrogen functional groups attached to an aromatic ring is 1. The molecule has 0 spiro atoms. The fourth-order valence-electron chi connectivity index (χ4n) is 2.79. The molecule has 0 fully saturated rings. The van der Waals surface area contributed by atoms with Crippen molar-refractivity contribution in [2.45, 2.75) is 13.5 Å². The van der Waals surface area contributed by atoms with E-state index in [2.05, 4.69) is 15.0 Å². The van der Waals surface area contributed by atoms with E-state index < -0.39 is 0 Å². The Kier molecular flexibility index (Phi) is 4.10. The largest absolute Gasteiger partial charge is 0.491 e. The maximum atomic E-state index is 6.04. The second-order valence-corrected chi connectivity index (χ2v) is 5.77. The summed E-state index contributed by atoms with van der Waals surface area (Å²) in [6.45, 7) is 4.25. The van der Waals surface area contributed by atoms with Gasteiger partial charge in [-0.05, 0) is 24.6 Å². The van der Waals surface area contributed by atoms with E-state index in [1.165, 1.54) is 0 Å².